The van der Waals surface area contributed by atoms with Gasteiger partial charge in [0.15, 0.2) is 11.5 Å². The van der Waals surface area contributed by atoms with Gasteiger partial charge in [0.2, 0.25) is 0 Å². The van der Waals surface area contributed by atoms with Gasteiger partial charge in [0.1, 0.15) is 0 Å². The van der Waals surface area contributed by atoms with Crippen molar-refractivity contribution in [3.63, 3.8) is 0 Å². The van der Waals surface area contributed by atoms with Crippen LogP contribution < -0.4 is 9.47 Å². The van der Waals surface area contributed by atoms with Gasteiger partial charge < -0.3 is 14.2 Å². The zero-order chi connectivity index (χ0) is 13.8. The third-order valence-electron chi connectivity index (χ3n) is 3.24. The van der Waals surface area contributed by atoms with Crippen LogP contribution >= 0.6 is 11.6 Å². The molecule has 0 amide bonds. The number of rotatable bonds is 4. The summed E-state index contributed by atoms with van der Waals surface area (Å²) in [6.07, 6.45) is 4.57. The lowest BCUT2D eigenvalue weighted by atomic mass is 10.2. The van der Waals surface area contributed by atoms with Crippen molar-refractivity contribution in [2.24, 2.45) is 0 Å². The summed E-state index contributed by atoms with van der Waals surface area (Å²) < 4.78 is 15.8. The molecule has 5 heteroatoms. The second-order valence-corrected chi connectivity index (χ2v) is 4.91. The minimum Gasteiger partial charge on any atom is -0.493 e. The number of carbonyl (C=O) groups is 1. The number of methoxy groups -OCH3 is 2. The van der Waals surface area contributed by atoms with Crippen LogP contribution in [0.5, 0.6) is 11.5 Å². The maximum Gasteiger partial charge on any atom is 0.338 e. The number of hydrogen-bond acceptors (Lipinski definition) is 4. The molecule has 0 aliphatic heterocycles. The van der Waals surface area contributed by atoms with E-state index >= 15 is 0 Å². The summed E-state index contributed by atoms with van der Waals surface area (Å²) in [5.74, 6) is 0.510. The second-order valence-electron chi connectivity index (χ2n) is 4.51. The molecule has 4 nitrogen and oxygen atoms in total. The van der Waals surface area contributed by atoms with Crippen LogP contribution in [0.15, 0.2) is 12.1 Å². The molecular weight excluding hydrogens is 268 g/mol. The average Bonchev–Trinajstić information content (AvgIpc) is 2.92. The van der Waals surface area contributed by atoms with Crippen molar-refractivity contribution in [1.82, 2.24) is 0 Å². The normalized spacial score (nSPS) is 15.3. The molecule has 1 aromatic carbocycles. The molecule has 1 saturated carbocycles. The summed E-state index contributed by atoms with van der Waals surface area (Å²) in [4.78, 5) is 11.5. The lowest BCUT2D eigenvalue weighted by Gasteiger charge is -2.17. The number of ether oxygens (including phenoxy) is 3. The van der Waals surface area contributed by atoms with Crippen molar-refractivity contribution in [2.45, 2.75) is 31.8 Å². The summed E-state index contributed by atoms with van der Waals surface area (Å²) in [7, 11) is 2.85. The first-order valence-electron chi connectivity index (χ1n) is 6.28. The average molecular weight is 285 g/mol. The maximum atomic E-state index is 11.5. The Kier molecular flexibility index (Phi) is 4.53. The Morgan fingerprint density at radius 1 is 1.26 bits per heavy atom. The monoisotopic (exact) mass is 284 g/mol. The fraction of sp³-hybridized carbons (Fsp3) is 0.500. The van der Waals surface area contributed by atoms with Crippen LogP contribution in [0.2, 0.25) is 5.02 Å². The van der Waals surface area contributed by atoms with Gasteiger partial charge in [0.05, 0.1) is 30.9 Å². The van der Waals surface area contributed by atoms with Crippen molar-refractivity contribution in [3.05, 3.63) is 22.7 Å². The Hall–Kier alpha value is -1.42. The maximum absolute atomic E-state index is 11.5. The van der Waals surface area contributed by atoms with Crippen molar-refractivity contribution in [1.29, 1.82) is 0 Å². The second kappa shape index (κ2) is 6.15. The summed E-state index contributed by atoms with van der Waals surface area (Å²) in [5.41, 5.74) is 0.350. The highest BCUT2D eigenvalue weighted by atomic mass is 35.5. The fourth-order valence-corrected chi connectivity index (χ4v) is 2.50. The quantitative estimate of drug-likeness (QED) is 0.794. The van der Waals surface area contributed by atoms with E-state index in [4.69, 9.17) is 21.1 Å². The van der Waals surface area contributed by atoms with Crippen LogP contribution in [0.3, 0.4) is 0 Å². The summed E-state index contributed by atoms with van der Waals surface area (Å²) in [6.45, 7) is 0. The Bertz CT molecular complexity index is 467. The zero-order valence-corrected chi connectivity index (χ0v) is 11.8. The van der Waals surface area contributed by atoms with Crippen molar-refractivity contribution < 1.29 is 19.0 Å². The van der Waals surface area contributed by atoms with Gasteiger partial charge in [-0.15, -0.1) is 0 Å². The molecule has 2 rings (SSSR count). The molecule has 0 atom stereocenters. The smallest absolute Gasteiger partial charge is 0.338 e. The third-order valence-corrected chi connectivity index (χ3v) is 3.52. The molecule has 1 aliphatic carbocycles. The van der Waals surface area contributed by atoms with Crippen LogP contribution in [-0.2, 0) is 4.74 Å². The van der Waals surface area contributed by atoms with Crippen LogP contribution in [0.25, 0.3) is 0 Å². The zero-order valence-electron chi connectivity index (χ0n) is 11.1. The molecule has 19 heavy (non-hydrogen) atoms. The first-order chi connectivity index (χ1) is 9.15. The molecule has 0 unspecified atom stereocenters. The minimum atomic E-state index is -0.451. The van der Waals surface area contributed by atoms with Crippen molar-refractivity contribution >= 4 is 17.6 Å². The van der Waals surface area contributed by atoms with E-state index in [1.165, 1.54) is 27.1 Å². The van der Waals surface area contributed by atoms with Gasteiger partial charge in [-0.2, -0.15) is 0 Å². The molecule has 0 N–H and O–H groups in total. The molecular formula is C14H17ClO4. The van der Waals surface area contributed by atoms with E-state index in [9.17, 15) is 4.79 Å². The highest BCUT2D eigenvalue weighted by Crippen LogP contribution is 2.39. The van der Waals surface area contributed by atoms with Crippen LogP contribution in [0.1, 0.15) is 36.0 Å². The number of hydrogen-bond donors (Lipinski definition) is 0. The van der Waals surface area contributed by atoms with E-state index in [0.717, 1.165) is 12.8 Å². The molecule has 104 valence electrons. The van der Waals surface area contributed by atoms with Gasteiger partial charge in [-0.05, 0) is 37.8 Å². The van der Waals surface area contributed by atoms with E-state index in [2.05, 4.69) is 4.74 Å². The number of esters is 1. The summed E-state index contributed by atoms with van der Waals surface area (Å²) in [5, 5.41) is 0.367. The third kappa shape index (κ3) is 3.13. The number of halogens is 1. The molecule has 1 aliphatic rings. The first-order valence-corrected chi connectivity index (χ1v) is 6.66. The van der Waals surface area contributed by atoms with Gasteiger partial charge in [0, 0.05) is 0 Å². The lowest BCUT2D eigenvalue weighted by Crippen LogP contribution is -2.12. The summed E-state index contributed by atoms with van der Waals surface area (Å²) in [6, 6.07) is 3.13. The van der Waals surface area contributed by atoms with Crippen molar-refractivity contribution in [2.75, 3.05) is 14.2 Å². The molecule has 1 aromatic rings. The fourth-order valence-electron chi connectivity index (χ4n) is 2.24. The van der Waals surface area contributed by atoms with Crippen LogP contribution in [0.4, 0.5) is 0 Å². The number of benzene rings is 1. The Morgan fingerprint density at radius 2 is 1.95 bits per heavy atom. The topological polar surface area (TPSA) is 44.8 Å². The molecule has 0 spiro atoms. The molecule has 0 saturated heterocycles. The van der Waals surface area contributed by atoms with E-state index in [0.29, 0.717) is 22.1 Å². The van der Waals surface area contributed by atoms with Gasteiger partial charge >= 0.3 is 5.97 Å². The van der Waals surface area contributed by atoms with E-state index in [1.54, 1.807) is 12.1 Å². The van der Waals surface area contributed by atoms with Gasteiger partial charge in [-0.25, -0.2) is 4.79 Å². The lowest BCUT2D eigenvalue weighted by molar-refractivity contribution is 0.0600. The summed E-state index contributed by atoms with van der Waals surface area (Å²) >= 11 is 6.18. The molecule has 0 bridgehead atoms. The highest BCUT2D eigenvalue weighted by Gasteiger charge is 2.22. The molecule has 1 fully saturated rings. The predicted molar refractivity (Wildman–Crippen MR) is 72.2 cm³/mol. The van der Waals surface area contributed by atoms with Gasteiger partial charge in [-0.3, -0.25) is 0 Å². The highest BCUT2D eigenvalue weighted by molar-refractivity contribution is 6.32. The first kappa shape index (κ1) is 14.0. The molecule has 0 aromatic heterocycles. The predicted octanol–water partition coefficient (Wildman–Crippen LogP) is 3.46. The Morgan fingerprint density at radius 3 is 2.53 bits per heavy atom. The van der Waals surface area contributed by atoms with Gasteiger partial charge in [-0.1, -0.05) is 11.6 Å². The number of carbonyl (C=O) groups excluding carboxylic acids is 1. The largest absolute Gasteiger partial charge is 0.493 e. The minimum absolute atomic E-state index is 0.176. The van der Waals surface area contributed by atoms with Crippen LogP contribution in [0, 0.1) is 0 Å². The SMILES string of the molecule is COC(=O)c1cc(Cl)c(OC2CCCC2)c(OC)c1. The Balaban J connectivity index is 2.29. The van der Waals surface area contributed by atoms with Crippen LogP contribution in [-0.4, -0.2) is 26.3 Å². The molecule has 0 radical (unpaired) electrons. The van der Waals surface area contributed by atoms with E-state index in [1.807, 2.05) is 0 Å². The van der Waals surface area contributed by atoms with E-state index < -0.39 is 5.97 Å². The van der Waals surface area contributed by atoms with Gasteiger partial charge in [0.25, 0.3) is 0 Å². The standard InChI is InChI=1S/C14H17ClO4/c1-17-12-8-9(14(16)18-2)7-11(15)13(12)19-10-5-3-4-6-10/h7-8,10H,3-6H2,1-2H3. The Labute approximate surface area is 117 Å². The van der Waals surface area contributed by atoms with E-state index in [-0.39, 0.29) is 6.10 Å². The molecule has 0 heterocycles. The van der Waals surface area contributed by atoms with Crippen molar-refractivity contribution in [3.8, 4) is 11.5 Å².